The number of aromatic nitrogens is 1. The molecule has 1 saturated heterocycles. The molecule has 1 aliphatic heterocycles. The Bertz CT molecular complexity index is 351. The van der Waals surface area contributed by atoms with Gasteiger partial charge < -0.3 is 10.1 Å². The van der Waals surface area contributed by atoms with Crippen LogP contribution in [-0.2, 0) is 4.74 Å². The molecule has 0 amide bonds. The predicted octanol–water partition coefficient (Wildman–Crippen LogP) is 1.27. The third-order valence-corrected chi connectivity index (χ3v) is 4.40. The molecule has 1 N–H and O–H groups in total. The van der Waals surface area contributed by atoms with Gasteiger partial charge in [0, 0.05) is 30.2 Å². The van der Waals surface area contributed by atoms with Crippen molar-refractivity contribution in [2.45, 2.75) is 31.0 Å². The Hall–Kier alpha value is -0.490. The van der Waals surface area contributed by atoms with Gasteiger partial charge in [-0.25, -0.2) is 0 Å². The number of nitrogens with one attached hydrogen (secondary N) is 1. The topological polar surface area (TPSA) is 37.4 Å². The number of thiazole rings is 1. The molecule has 2 atom stereocenters. The van der Waals surface area contributed by atoms with Crippen molar-refractivity contribution in [3.8, 4) is 0 Å². The minimum Gasteiger partial charge on any atom is -0.374 e. The molecule has 1 aromatic rings. The fourth-order valence-electron chi connectivity index (χ4n) is 2.66. The second kappa shape index (κ2) is 5.02. The number of hydrogen-bond acceptors (Lipinski definition) is 5. The summed E-state index contributed by atoms with van der Waals surface area (Å²) in [7, 11) is 1.99. The highest BCUT2D eigenvalue weighted by atomic mass is 32.1. The maximum absolute atomic E-state index is 5.94. The molecule has 1 aliphatic carbocycles. The van der Waals surface area contributed by atoms with Gasteiger partial charge in [0.05, 0.1) is 24.3 Å². The van der Waals surface area contributed by atoms with E-state index in [1.165, 1.54) is 17.7 Å². The van der Waals surface area contributed by atoms with Crippen molar-refractivity contribution in [2.75, 3.05) is 26.7 Å². The molecule has 2 fully saturated rings. The van der Waals surface area contributed by atoms with Crippen LogP contribution in [0.15, 0.2) is 11.7 Å². The lowest BCUT2D eigenvalue weighted by Crippen LogP contribution is -2.49. The number of likely N-dealkylation sites (N-methyl/N-ethyl adjacent to an activating group) is 1. The first kappa shape index (κ1) is 11.6. The fourth-order valence-corrected chi connectivity index (χ4v) is 3.45. The lowest BCUT2D eigenvalue weighted by atomic mass is 10.1. The molecular weight excluding hydrogens is 234 g/mol. The van der Waals surface area contributed by atoms with Crippen molar-refractivity contribution < 1.29 is 4.74 Å². The highest BCUT2D eigenvalue weighted by Crippen LogP contribution is 2.39. The zero-order valence-corrected chi connectivity index (χ0v) is 10.9. The molecule has 0 bridgehead atoms. The van der Waals surface area contributed by atoms with E-state index in [0.29, 0.717) is 6.04 Å². The molecule has 1 saturated carbocycles. The predicted molar refractivity (Wildman–Crippen MR) is 68.2 cm³/mol. The van der Waals surface area contributed by atoms with Crippen LogP contribution in [0.5, 0.6) is 0 Å². The third kappa shape index (κ3) is 2.38. The number of nitrogens with zero attached hydrogens (tertiary/aromatic N) is 2. The van der Waals surface area contributed by atoms with Crippen LogP contribution in [-0.4, -0.2) is 48.8 Å². The minimum atomic E-state index is 0.259. The van der Waals surface area contributed by atoms with Crippen LogP contribution < -0.4 is 5.32 Å². The maximum atomic E-state index is 5.94. The van der Waals surface area contributed by atoms with Crippen LogP contribution >= 0.6 is 11.3 Å². The molecular formula is C12H19N3OS. The van der Waals surface area contributed by atoms with Crippen molar-refractivity contribution in [1.82, 2.24) is 15.2 Å². The molecule has 5 heteroatoms. The molecule has 1 aromatic heterocycles. The summed E-state index contributed by atoms with van der Waals surface area (Å²) >= 11 is 1.75. The van der Waals surface area contributed by atoms with Gasteiger partial charge in [-0.3, -0.25) is 9.88 Å². The molecule has 4 nitrogen and oxygen atoms in total. The van der Waals surface area contributed by atoms with Crippen LogP contribution in [0.25, 0.3) is 0 Å². The fraction of sp³-hybridized carbons (Fsp3) is 0.750. The van der Waals surface area contributed by atoms with E-state index in [-0.39, 0.29) is 6.10 Å². The largest absolute Gasteiger partial charge is 0.374 e. The SMILES string of the molecule is CNCC1OCCN(C2CC2)C1c1cncs1. The summed E-state index contributed by atoms with van der Waals surface area (Å²) in [5.74, 6) is 0. The lowest BCUT2D eigenvalue weighted by molar-refractivity contribution is -0.0728. The Morgan fingerprint density at radius 1 is 1.59 bits per heavy atom. The Morgan fingerprint density at radius 2 is 2.47 bits per heavy atom. The quantitative estimate of drug-likeness (QED) is 0.877. The van der Waals surface area contributed by atoms with Crippen molar-refractivity contribution in [3.05, 3.63) is 16.6 Å². The van der Waals surface area contributed by atoms with Gasteiger partial charge in [0.2, 0.25) is 0 Å². The number of ether oxygens (including phenoxy) is 1. The highest BCUT2D eigenvalue weighted by molar-refractivity contribution is 7.09. The van der Waals surface area contributed by atoms with E-state index >= 15 is 0 Å². The summed E-state index contributed by atoms with van der Waals surface area (Å²) in [5.41, 5.74) is 1.92. The summed E-state index contributed by atoms with van der Waals surface area (Å²) in [6.07, 6.45) is 4.96. The van der Waals surface area contributed by atoms with Gasteiger partial charge in [-0.2, -0.15) is 0 Å². The Labute approximate surface area is 106 Å². The summed E-state index contributed by atoms with van der Waals surface area (Å²) in [4.78, 5) is 8.19. The first-order valence-electron chi connectivity index (χ1n) is 6.30. The third-order valence-electron chi connectivity index (χ3n) is 3.55. The van der Waals surface area contributed by atoms with Gasteiger partial charge in [-0.05, 0) is 19.9 Å². The van der Waals surface area contributed by atoms with E-state index in [1.54, 1.807) is 11.3 Å². The van der Waals surface area contributed by atoms with Gasteiger partial charge in [0.25, 0.3) is 0 Å². The average molecular weight is 253 g/mol. The second-order valence-electron chi connectivity index (χ2n) is 4.78. The molecule has 2 heterocycles. The summed E-state index contributed by atoms with van der Waals surface area (Å²) < 4.78 is 5.94. The lowest BCUT2D eigenvalue weighted by Gasteiger charge is -2.40. The van der Waals surface area contributed by atoms with E-state index in [4.69, 9.17) is 4.74 Å². The highest BCUT2D eigenvalue weighted by Gasteiger charge is 2.41. The Morgan fingerprint density at radius 3 is 3.12 bits per heavy atom. The van der Waals surface area contributed by atoms with Gasteiger partial charge in [0.15, 0.2) is 0 Å². The Balaban J connectivity index is 1.83. The average Bonchev–Trinajstić information content (AvgIpc) is 3.06. The molecule has 0 spiro atoms. The van der Waals surface area contributed by atoms with Crippen LogP contribution in [0.3, 0.4) is 0 Å². The second-order valence-corrected chi connectivity index (χ2v) is 5.70. The monoisotopic (exact) mass is 253 g/mol. The van der Waals surface area contributed by atoms with E-state index in [2.05, 4.69) is 15.2 Å². The summed E-state index contributed by atoms with van der Waals surface area (Å²) in [5, 5.41) is 3.24. The summed E-state index contributed by atoms with van der Waals surface area (Å²) in [6.45, 7) is 2.83. The molecule has 3 rings (SSSR count). The van der Waals surface area contributed by atoms with E-state index in [0.717, 1.165) is 25.7 Å². The maximum Gasteiger partial charge on any atom is 0.0905 e. The van der Waals surface area contributed by atoms with Crippen LogP contribution in [0.4, 0.5) is 0 Å². The summed E-state index contributed by atoms with van der Waals surface area (Å²) in [6, 6.07) is 1.18. The number of rotatable bonds is 4. The Kier molecular flexibility index (Phi) is 3.42. The molecule has 17 heavy (non-hydrogen) atoms. The van der Waals surface area contributed by atoms with Gasteiger partial charge in [-0.1, -0.05) is 0 Å². The smallest absolute Gasteiger partial charge is 0.0905 e. The normalized spacial score (nSPS) is 30.6. The van der Waals surface area contributed by atoms with Crippen LogP contribution in [0.2, 0.25) is 0 Å². The molecule has 0 radical (unpaired) electrons. The van der Waals surface area contributed by atoms with Crippen LogP contribution in [0.1, 0.15) is 23.8 Å². The standard InChI is InChI=1S/C12H19N3OS/c1-13-6-10-12(11-7-14-8-17-11)15(4-5-16-10)9-2-3-9/h7-10,12-13H,2-6H2,1H3. The van der Waals surface area contributed by atoms with Gasteiger partial charge in [-0.15, -0.1) is 11.3 Å². The van der Waals surface area contributed by atoms with Gasteiger partial charge in [0.1, 0.15) is 0 Å². The zero-order valence-electron chi connectivity index (χ0n) is 10.1. The number of hydrogen-bond donors (Lipinski definition) is 1. The van der Waals surface area contributed by atoms with Gasteiger partial charge >= 0.3 is 0 Å². The van der Waals surface area contributed by atoms with E-state index in [1.807, 2.05) is 18.8 Å². The zero-order chi connectivity index (χ0) is 11.7. The number of morpholine rings is 1. The van der Waals surface area contributed by atoms with Crippen molar-refractivity contribution in [1.29, 1.82) is 0 Å². The first-order valence-corrected chi connectivity index (χ1v) is 7.18. The molecule has 0 aromatic carbocycles. The van der Waals surface area contributed by atoms with E-state index < -0.39 is 0 Å². The molecule has 94 valence electrons. The van der Waals surface area contributed by atoms with Crippen molar-refractivity contribution in [2.24, 2.45) is 0 Å². The minimum absolute atomic E-state index is 0.259. The van der Waals surface area contributed by atoms with Crippen LogP contribution in [0, 0.1) is 0 Å². The van der Waals surface area contributed by atoms with E-state index in [9.17, 15) is 0 Å². The molecule has 2 unspecified atom stereocenters. The molecule has 2 aliphatic rings. The van der Waals surface area contributed by atoms with Crippen molar-refractivity contribution in [3.63, 3.8) is 0 Å². The first-order chi connectivity index (χ1) is 8.40. The van der Waals surface area contributed by atoms with Crippen molar-refractivity contribution >= 4 is 11.3 Å².